The molecule has 0 aromatic carbocycles. The van der Waals surface area contributed by atoms with E-state index >= 15 is 0 Å². The Labute approximate surface area is 98.2 Å². The molecule has 1 aliphatic rings. The fourth-order valence-corrected chi connectivity index (χ4v) is 1.91. The van der Waals surface area contributed by atoms with Crippen molar-refractivity contribution in [2.75, 3.05) is 24.7 Å². The van der Waals surface area contributed by atoms with Crippen LogP contribution in [0.15, 0.2) is 6.20 Å². The molecular weight excluding hydrogens is 237 g/mol. The van der Waals surface area contributed by atoms with E-state index < -0.39 is 0 Å². The van der Waals surface area contributed by atoms with Crippen LogP contribution in [0.4, 0.5) is 5.82 Å². The van der Waals surface area contributed by atoms with Gasteiger partial charge in [0.05, 0.1) is 25.5 Å². The van der Waals surface area contributed by atoms with E-state index in [2.05, 4.69) is 21.8 Å². The fourth-order valence-electron chi connectivity index (χ4n) is 1.58. The molecule has 0 N–H and O–H groups in total. The van der Waals surface area contributed by atoms with Gasteiger partial charge in [-0.05, 0) is 18.5 Å². The summed E-state index contributed by atoms with van der Waals surface area (Å²) in [6.07, 6.45) is 1.52. The summed E-state index contributed by atoms with van der Waals surface area (Å²) in [5, 5.41) is 0.737. The highest BCUT2D eigenvalue weighted by molar-refractivity contribution is 6.33. The van der Waals surface area contributed by atoms with Crippen LogP contribution in [-0.2, 0) is 4.74 Å². The van der Waals surface area contributed by atoms with Gasteiger partial charge in [-0.15, -0.1) is 0 Å². The first kappa shape index (κ1) is 10.9. The molecule has 1 atom stereocenters. The Morgan fingerprint density at radius 2 is 2.33 bits per heavy atom. The SMILES string of the molecule is CC1COCCN1c1nc(Cl)ncc1Cl. The van der Waals surface area contributed by atoms with E-state index in [9.17, 15) is 0 Å². The second-order valence-electron chi connectivity index (χ2n) is 3.43. The van der Waals surface area contributed by atoms with E-state index in [1.54, 1.807) is 0 Å². The number of halogens is 2. The molecule has 82 valence electrons. The van der Waals surface area contributed by atoms with Gasteiger partial charge in [-0.3, -0.25) is 0 Å². The van der Waals surface area contributed by atoms with Crippen molar-refractivity contribution < 1.29 is 4.74 Å². The van der Waals surface area contributed by atoms with Crippen molar-refractivity contribution in [3.05, 3.63) is 16.5 Å². The standard InChI is InChI=1S/C9H11Cl2N3O/c1-6-5-15-3-2-14(6)8-7(10)4-12-9(11)13-8/h4,6H,2-3,5H2,1H3. The molecule has 15 heavy (non-hydrogen) atoms. The first-order valence-electron chi connectivity index (χ1n) is 4.71. The van der Waals surface area contributed by atoms with Gasteiger partial charge in [0, 0.05) is 6.54 Å². The van der Waals surface area contributed by atoms with Crippen LogP contribution in [0, 0.1) is 0 Å². The van der Waals surface area contributed by atoms with Crippen molar-refractivity contribution in [3.63, 3.8) is 0 Å². The quantitative estimate of drug-likeness (QED) is 0.712. The van der Waals surface area contributed by atoms with Crippen LogP contribution >= 0.6 is 23.2 Å². The van der Waals surface area contributed by atoms with Gasteiger partial charge in [0.1, 0.15) is 5.02 Å². The van der Waals surface area contributed by atoms with Crippen LogP contribution < -0.4 is 4.90 Å². The molecule has 0 radical (unpaired) electrons. The van der Waals surface area contributed by atoms with Gasteiger partial charge in [-0.1, -0.05) is 11.6 Å². The zero-order valence-corrected chi connectivity index (χ0v) is 9.79. The molecule has 0 aliphatic carbocycles. The van der Waals surface area contributed by atoms with Crippen LogP contribution in [0.1, 0.15) is 6.92 Å². The van der Waals surface area contributed by atoms with E-state index in [1.165, 1.54) is 6.20 Å². The lowest BCUT2D eigenvalue weighted by Crippen LogP contribution is -2.44. The average molecular weight is 248 g/mol. The molecule has 4 nitrogen and oxygen atoms in total. The minimum Gasteiger partial charge on any atom is -0.377 e. The highest BCUT2D eigenvalue weighted by Gasteiger charge is 2.22. The lowest BCUT2D eigenvalue weighted by atomic mass is 10.2. The maximum Gasteiger partial charge on any atom is 0.224 e. The van der Waals surface area contributed by atoms with Crippen molar-refractivity contribution in [1.29, 1.82) is 0 Å². The highest BCUT2D eigenvalue weighted by atomic mass is 35.5. The normalized spacial score (nSPS) is 21.8. The van der Waals surface area contributed by atoms with Crippen LogP contribution in [0.2, 0.25) is 10.3 Å². The molecule has 0 spiro atoms. The Bertz CT molecular complexity index is 361. The van der Waals surface area contributed by atoms with E-state index in [0.29, 0.717) is 24.1 Å². The van der Waals surface area contributed by atoms with Crippen molar-refractivity contribution in [1.82, 2.24) is 9.97 Å². The predicted molar refractivity (Wildman–Crippen MR) is 59.7 cm³/mol. The molecular formula is C9H11Cl2N3O. The summed E-state index contributed by atoms with van der Waals surface area (Å²) in [6, 6.07) is 0.252. The largest absolute Gasteiger partial charge is 0.377 e. The number of morpholine rings is 1. The van der Waals surface area contributed by atoms with Gasteiger partial charge in [0.15, 0.2) is 5.82 Å². The second-order valence-corrected chi connectivity index (χ2v) is 4.17. The van der Waals surface area contributed by atoms with Crippen molar-refractivity contribution in [3.8, 4) is 0 Å². The van der Waals surface area contributed by atoms with Gasteiger partial charge in [0.25, 0.3) is 0 Å². The van der Waals surface area contributed by atoms with Gasteiger partial charge in [-0.25, -0.2) is 4.98 Å². The molecule has 2 heterocycles. The smallest absolute Gasteiger partial charge is 0.224 e. The molecule has 1 aromatic rings. The van der Waals surface area contributed by atoms with E-state index in [-0.39, 0.29) is 11.3 Å². The van der Waals surface area contributed by atoms with Crippen LogP contribution in [0.25, 0.3) is 0 Å². The fraction of sp³-hybridized carbons (Fsp3) is 0.556. The Balaban J connectivity index is 2.30. The molecule has 1 fully saturated rings. The van der Waals surface area contributed by atoms with Gasteiger partial charge >= 0.3 is 0 Å². The number of nitrogens with zero attached hydrogens (tertiary/aromatic N) is 3. The van der Waals surface area contributed by atoms with Crippen molar-refractivity contribution in [2.45, 2.75) is 13.0 Å². The monoisotopic (exact) mass is 247 g/mol. The van der Waals surface area contributed by atoms with Crippen LogP contribution in [-0.4, -0.2) is 35.8 Å². The summed E-state index contributed by atoms with van der Waals surface area (Å²) in [5.74, 6) is 0.687. The number of anilines is 1. The zero-order valence-electron chi connectivity index (χ0n) is 8.28. The van der Waals surface area contributed by atoms with Gasteiger partial charge in [0.2, 0.25) is 5.28 Å². The summed E-state index contributed by atoms with van der Waals surface area (Å²) in [4.78, 5) is 10.0. The van der Waals surface area contributed by atoms with Crippen molar-refractivity contribution in [2.24, 2.45) is 0 Å². The first-order valence-corrected chi connectivity index (χ1v) is 5.46. The number of aromatic nitrogens is 2. The summed E-state index contributed by atoms with van der Waals surface area (Å²) < 4.78 is 5.34. The average Bonchev–Trinajstić information content (AvgIpc) is 2.23. The Morgan fingerprint density at radius 3 is 3.07 bits per heavy atom. The Kier molecular flexibility index (Phi) is 3.29. The summed E-state index contributed by atoms with van der Waals surface area (Å²) in [5.41, 5.74) is 0. The first-order chi connectivity index (χ1) is 7.18. The Hall–Kier alpha value is -0.580. The molecule has 0 saturated carbocycles. The third-order valence-corrected chi connectivity index (χ3v) is 2.78. The van der Waals surface area contributed by atoms with Gasteiger partial charge in [-0.2, -0.15) is 4.98 Å². The van der Waals surface area contributed by atoms with Crippen LogP contribution in [0.5, 0.6) is 0 Å². The van der Waals surface area contributed by atoms with Crippen LogP contribution in [0.3, 0.4) is 0 Å². The molecule has 0 amide bonds. The zero-order chi connectivity index (χ0) is 10.8. The van der Waals surface area contributed by atoms with Gasteiger partial charge < -0.3 is 9.64 Å². The molecule has 2 rings (SSSR count). The summed E-state index contributed by atoms with van der Waals surface area (Å²) in [7, 11) is 0. The molecule has 1 unspecified atom stereocenters. The lowest BCUT2D eigenvalue weighted by molar-refractivity contribution is 0.0985. The second kappa shape index (κ2) is 4.51. The van der Waals surface area contributed by atoms with E-state index in [1.807, 2.05) is 0 Å². The molecule has 1 aliphatic heterocycles. The maximum absolute atomic E-state index is 6.03. The summed E-state index contributed by atoms with van der Waals surface area (Å²) in [6.45, 7) is 4.19. The molecule has 6 heteroatoms. The summed E-state index contributed by atoms with van der Waals surface area (Å²) >= 11 is 11.8. The number of hydrogen-bond acceptors (Lipinski definition) is 4. The molecule has 0 bridgehead atoms. The molecule has 1 aromatic heterocycles. The number of rotatable bonds is 1. The predicted octanol–water partition coefficient (Wildman–Crippen LogP) is 2.01. The van der Waals surface area contributed by atoms with Crippen molar-refractivity contribution >= 4 is 29.0 Å². The highest BCUT2D eigenvalue weighted by Crippen LogP contribution is 2.26. The minimum absolute atomic E-state index is 0.216. The lowest BCUT2D eigenvalue weighted by Gasteiger charge is -2.34. The number of hydrogen-bond donors (Lipinski definition) is 0. The van der Waals surface area contributed by atoms with E-state index in [4.69, 9.17) is 27.9 Å². The van der Waals surface area contributed by atoms with E-state index in [0.717, 1.165) is 6.54 Å². The Morgan fingerprint density at radius 1 is 1.53 bits per heavy atom. The third-order valence-electron chi connectivity index (χ3n) is 2.34. The third kappa shape index (κ3) is 2.33. The topological polar surface area (TPSA) is 38.2 Å². The maximum atomic E-state index is 6.03. The number of ether oxygens (including phenoxy) is 1. The molecule has 1 saturated heterocycles. The minimum atomic E-state index is 0.216.